The lowest BCUT2D eigenvalue weighted by atomic mass is 10.0. The number of fused-ring (bicyclic) bond motifs is 1. The van der Waals surface area contributed by atoms with Gasteiger partial charge in [-0.15, -0.1) is 0 Å². The molecule has 0 aliphatic rings. The Morgan fingerprint density at radius 2 is 1.76 bits per heavy atom. The molecule has 5 nitrogen and oxygen atoms in total. The number of hydrogen-bond acceptors (Lipinski definition) is 3. The molecule has 1 amide bonds. The zero-order chi connectivity index (χ0) is 21.0. The number of H-pyrrole nitrogens is 1. The molecule has 152 valence electrons. The summed E-state index contributed by atoms with van der Waals surface area (Å²) in [5.41, 5.74) is 4.80. The third-order valence-electron chi connectivity index (χ3n) is 5.35. The lowest BCUT2D eigenvalue weighted by Gasteiger charge is -2.25. The van der Waals surface area contributed by atoms with E-state index in [9.17, 15) is 9.59 Å². The lowest BCUT2D eigenvalue weighted by Crippen LogP contribution is -2.35. The van der Waals surface area contributed by atoms with Crippen LogP contribution in [0.3, 0.4) is 0 Å². The molecule has 1 heterocycles. The number of nitrogens with one attached hydrogen (secondary N) is 2. The predicted octanol–water partition coefficient (Wildman–Crippen LogP) is 3.36. The fourth-order valence-electron chi connectivity index (χ4n) is 3.51. The van der Waals surface area contributed by atoms with Crippen LogP contribution in [0.5, 0.6) is 0 Å². The fourth-order valence-corrected chi connectivity index (χ4v) is 3.51. The van der Waals surface area contributed by atoms with Gasteiger partial charge in [0.2, 0.25) is 5.91 Å². The summed E-state index contributed by atoms with van der Waals surface area (Å²) in [4.78, 5) is 29.2. The first kappa shape index (κ1) is 20.8. The first-order valence-electron chi connectivity index (χ1n) is 10.0. The smallest absolute Gasteiger partial charge is 0.251 e. The lowest BCUT2D eigenvalue weighted by molar-refractivity contribution is -0.120. The zero-order valence-corrected chi connectivity index (χ0v) is 17.6. The number of aryl methyl sites for hydroxylation is 2. The molecule has 0 spiro atoms. The van der Waals surface area contributed by atoms with Crippen LogP contribution in [0.4, 0.5) is 0 Å². The SMILES string of the molecule is CCc1ccc(C(CNC(=O)Cc2ccc3[nH]c(=O)c(C)cc3c2)N(C)C)cc1. The monoisotopic (exact) mass is 391 g/mol. The molecule has 0 radical (unpaired) electrons. The van der Waals surface area contributed by atoms with Crippen molar-refractivity contribution in [1.82, 2.24) is 15.2 Å². The number of hydrogen-bond donors (Lipinski definition) is 2. The van der Waals surface area contributed by atoms with Gasteiger partial charge in [0.1, 0.15) is 0 Å². The maximum Gasteiger partial charge on any atom is 0.251 e. The molecule has 1 unspecified atom stereocenters. The van der Waals surface area contributed by atoms with Gasteiger partial charge in [-0.05, 0) is 67.7 Å². The second kappa shape index (κ2) is 9.05. The highest BCUT2D eigenvalue weighted by atomic mass is 16.1. The summed E-state index contributed by atoms with van der Waals surface area (Å²) in [6.45, 7) is 4.48. The zero-order valence-electron chi connectivity index (χ0n) is 17.6. The molecule has 2 N–H and O–H groups in total. The van der Waals surface area contributed by atoms with Crippen molar-refractivity contribution in [3.63, 3.8) is 0 Å². The first-order chi connectivity index (χ1) is 13.9. The van der Waals surface area contributed by atoms with Crippen LogP contribution < -0.4 is 10.9 Å². The third kappa shape index (κ3) is 5.12. The Kier molecular flexibility index (Phi) is 6.49. The Bertz CT molecular complexity index is 1050. The molecule has 0 aliphatic carbocycles. The highest BCUT2D eigenvalue weighted by Crippen LogP contribution is 2.19. The molecular formula is C24H29N3O2. The van der Waals surface area contributed by atoms with E-state index in [0.717, 1.165) is 22.9 Å². The van der Waals surface area contributed by atoms with Crippen molar-refractivity contribution in [2.24, 2.45) is 0 Å². The van der Waals surface area contributed by atoms with Crippen molar-refractivity contribution in [2.75, 3.05) is 20.6 Å². The molecular weight excluding hydrogens is 362 g/mol. The predicted molar refractivity (Wildman–Crippen MR) is 118 cm³/mol. The summed E-state index contributed by atoms with van der Waals surface area (Å²) < 4.78 is 0. The molecule has 3 aromatic rings. The second-order valence-corrected chi connectivity index (χ2v) is 7.76. The number of likely N-dealkylation sites (N-methyl/N-ethyl adjacent to an activating group) is 1. The van der Waals surface area contributed by atoms with Gasteiger partial charge in [0, 0.05) is 17.6 Å². The number of aromatic amines is 1. The Morgan fingerprint density at radius 1 is 1.07 bits per heavy atom. The number of nitrogens with zero attached hydrogens (tertiary/aromatic N) is 1. The maximum absolute atomic E-state index is 12.5. The van der Waals surface area contributed by atoms with E-state index in [2.05, 4.69) is 46.4 Å². The molecule has 0 saturated carbocycles. The quantitative estimate of drug-likeness (QED) is 0.649. The molecule has 5 heteroatoms. The Hall–Kier alpha value is -2.92. The minimum absolute atomic E-state index is 0.0116. The number of amides is 1. The number of carbonyl (C=O) groups excluding carboxylic acids is 1. The summed E-state index contributed by atoms with van der Waals surface area (Å²) in [6.07, 6.45) is 1.33. The van der Waals surface area contributed by atoms with Crippen molar-refractivity contribution in [1.29, 1.82) is 0 Å². The number of rotatable bonds is 7. The largest absolute Gasteiger partial charge is 0.354 e. The molecule has 1 aromatic heterocycles. The first-order valence-corrected chi connectivity index (χ1v) is 10.0. The molecule has 0 aliphatic heterocycles. The van der Waals surface area contributed by atoms with Gasteiger partial charge in [-0.3, -0.25) is 9.59 Å². The van der Waals surface area contributed by atoms with E-state index in [1.54, 1.807) is 6.92 Å². The van der Waals surface area contributed by atoms with E-state index in [1.807, 2.05) is 38.4 Å². The van der Waals surface area contributed by atoms with Crippen LogP contribution in [0.15, 0.2) is 53.3 Å². The molecule has 2 aromatic carbocycles. The summed E-state index contributed by atoms with van der Waals surface area (Å²) >= 11 is 0. The maximum atomic E-state index is 12.5. The third-order valence-corrected chi connectivity index (χ3v) is 5.35. The summed E-state index contributed by atoms with van der Waals surface area (Å²) in [6, 6.07) is 16.3. The fraction of sp³-hybridized carbons (Fsp3) is 0.333. The minimum Gasteiger partial charge on any atom is -0.354 e. The van der Waals surface area contributed by atoms with Crippen molar-refractivity contribution >= 4 is 16.8 Å². The van der Waals surface area contributed by atoms with Crippen LogP contribution in [0, 0.1) is 6.92 Å². The Labute approximate surface area is 171 Å². The number of pyridine rings is 1. The Balaban J connectivity index is 1.66. The highest BCUT2D eigenvalue weighted by molar-refractivity contribution is 5.83. The normalized spacial score (nSPS) is 12.3. The van der Waals surface area contributed by atoms with Crippen LogP contribution >= 0.6 is 0 Å². The number of aromatic nitrogens is 1. The van der Waals surface area contributed by atoms with Crippen molar-refractivity contribution in [3.8, 4) is 0 Å². The number of carbonyl (C=O) groups is 1. The summed E-state index contributed by atoms with van der Waals surface area (Å²) in [7, 11) is 4.05. The van der Waals surface area contributed by atoms with Crippen LogP contribution in [-0.4, -0.2) is 36.4 Å². The van der Waals surface area contributed by atoms with Gasteiger partial charge in [-0.25, -0.2) is 0 Å². The van der Waals surface area contributed by atoms with E-state index in [-0.39, 0.29) is 17.5 Å². The van der Waals surface area contributed by atoms with Gasteiger partial charge in [0.05, 0.1) is 12.5 Å². The van der Waals surface area contributed by atoms with Gasteiger partial charge < -0.3 is 15.2 Å². The number of benzene rings is 2. The molecule has 0 saturated heterocycles. The van der Waals surface area contributed by atoms with Gasteiger partial charge >= 0.3 is 0 Å². The van der Waals surface area contributed by atoms with Gasteiger partial charge in [0.15, 0.2) is 0 Å². The summed E-state index contributed by atoms with van der Waals surface area (Å²) in [5, 5.41) is 4.01. The van der Waals surface area contributed by atoms with Gasteiger partial charge in [-0.2, -0.15) is 0 Å². The van der Waals surface area contributed by atoms with Crippen LogP contribution in [0.1, 0.15) is 35.2 Å². The highest BCUT2D eigenvalue weighted by Gasteiger charge is 2.15. The van der Waals surface area contributed by atoms with Gasteiger partial charge in [0.25, 0.3) is 5.56 Å². The molecule has 3 rings (SSSR count). The molecule has 0 fully saturated rings. The van der Waals surface area contributed by atoms with Crippen molar-refractivity contribution in [2.45, 2.75) is 32.7 Å². The van der Waals surface area contributed by atoms with E-state index >= 15 is 0 Å². The second-order valence-electron chi connectivity index (χ2n) is 7.76. The molecule has 0 bridgehead atoms. The van der Waals surface area contributed by atoms with Crippen LogP contribution in [0.25, 0.3) is 10.9 Å². The molecule has 1 atom stereocenters. The standard InChI is InChI=1S/C24H29N3O2/c1-5-17-6-9-19(10-7-17)22(27(3)4)15-25-23(28)14-18-8-11-21-20(13-18)12-16(2)24(29)26-21/h6-13,22H,5,14-15H2,1-4H3,(H,25,28)(H,26,29). The Morgan fingerprint density at radius 3 is 2.41 bits per heavy atom. The topological polar surface area (TPSA) is 65.2 Å². The van der Waals surface area contributed by atoms with E-state index < -0.39 is 0 Å². The van der Waals surface area contributed by atoms with Crippen molar-refractivity contribution in [3.05, 3.63) is 81.1 Å². The average Bonchev–Trinajstić information content (AvgIpc) is 2.69. The van der Waals surface area contributed by atoms with E-state index in [1.165, 1.54) is 11.1 Å². The van der Waals surface area contributed by atoms with E-state index in [4.69, 9.17) is 0 Å². The van der Waals surface area contributed by atoms with Crippen LogP contribution in [-0.2, 0) is 17.6 Å². The molecule has 29 heavy (non-hydrogen) atoms. The average molecular weight is 392 g/mol. The van der Waals surface area contributed by atoms with Gasteiger partial charge in [-0.1, -0.05) is 37.3 Å². The summed E-state index contributed by atoms with van der Waals surface area (Å²) in [5.74, 6) is -0.0116. The van der Waals surface area contributed by atoms with Crippen LogP contribution in [0.2, 0.25) is 0 Å². The van der Waals surface area contributed by atoms with Crippen molar-refractivity contribution < 1.29 is 4.79 Å². The minimum atomic E-state index is -0.0790. The van der Waals surface area contributed by atoms with E-state index in [0.29, 0.717) is 18.5 Å².